The predicted octanol–water partition coefficient (Wildman–Crippen LogP) is 6.71. The molecule has 1 N–H and O–H groups in total. The summed E-state index contributed by atoms with van der Waals surface area (Å²) < 4.78 is 24.2. The van der Waals surface area contributed by atoms with Crippen molar-refractivity contribution in [2.45, 2.75) is 26.6 Å². The highest BCUT2D eigenvalue weighted by atomic mass is 79.9. The van der Waals surface area contributed by atoms with Crippen LogP contribution < -0.4 is 24.4 Å². The second kappa shape index (κ2) is 14.7. The minimum Gasteiger partial charge on any atom is -0.493 e. The van der Waals surface area contributed by atoms with Gasteiger partial charge in [-0.15, -0.1) is 0 Å². The summed E-state index contributed by atoms with van der Waals surface area (Å²) >= 11 is 3.59. The van der Waals surface area contributed by atoms with Crippen LogP contribution in [0.25, 0.3) is 0 Å². The van der Waals surface area contributed by atoms with Gasteiger partial charge in [0.15, 0.2) is 23.0 Å². The average Bonchev–Trinajstić information content (AvgIpc) is 2.97. The highest BCUT2D eigenvalue weighted by Crippen LogP contribution is 2.38. The number of hydrogen-bond acceptors (Lipinski definition) is 6. The summed E-state index contributed by atoms with van der Waals surface area (Å²) in [6.07, 6.45) is 1.82. The molecule has 40 heavy (non-hydrogen) atoms. The zero-order chi connectivity index (χ0) is 28.2. The molecule has 0 spiro atoms. The topological polar surface area (TPSA) is 78.4 Å². The number of benzene rings is 4. The first kappa shape index (κ1) is 28.7. The van der Waals surface area contributed by atoms with Crippen molar-refractivity contribution < 1.29 is 23.7 Å². The van der Waals surface area contributed by atoms with E-state index in [9.17, 15) is 4.79 Å². The lowest BCUT2D eigenvalue weighted by Crippen LogP contribution is -2.19. The Morgan fingerprint density at radius 2 is 1.50 bits per heavy atom. The monoisotopic (exact) mass is 602 g/mol. The van der Waals surface area contributed by atoms with E-state index < -0.39 is 0 Å². The molecule has 4 rings (SSSR count). The number of nitrogens with zero attached hydrogens (tertiary/aromatic N) is 1. The predicted molar refractivity (Wildman–Crippen MR) is 159 cm³/mol. The summed E-state index contributed by atoms with van der Waals surface area (Å²) in [6.45, 7) is 3.10. The van der Waals surface area contributed by atoms with Crippen LogP contribution in [0.15, 0.2) is 101 Å². The molecule has 0 radical (unpaired) electrons. The van der Waals surface area contributed by atoms with Gasteiger partial charge < -0.3 is 18.9 Å². The number of amides is 1. The fraction of sp³-hybridized carbons (Fsp3) is 0.188. The number of hydrogen-bond donors (Lipinski definition) is 1. The maximum absolute atomic E-state index is 12.2. The van der Waals surface area contributed by atoms with E-state index in [1.165, 1.54) is 0 Å². The van der Waals surface area contributed by atoms with Crippen molar-refractivity contribution in [2.24, 2.45) is 5.10 Å². The van der Waals surface area contributed by atoms with E-state index in [1.54, 1.807) is 13.3 Å². The maximum atomic E-state index is 12.2. The second-order valence-electron chi connectivity index (χ2n) is 8.77. The molecule has 0 saturated carbocycles. The van der Waals surface area contributed by atoms with Crippen molar-refractivity contribution in [3.05, 3.63) is 118 Å². The zero-order valence-electron chi connectivity index (χ0n) is 22.4. The molecule has 1 amide bonds. The van der Waals surface area contributed by atoms with E-state index >= 15 is 0 Å². The molecule has 7 nitrogen and oxygen atoms in total. The Morgan fingerprint density at radius 1 is 0.800 bits per heavy atom. The number of hydrazone groups is 1. The number of carbonyl (C=O) groups is 1. The molecule has 4 aromatic carbocycles. The third-order valence-corrected chi connectivity index (χ3v) is 6.38. The summed E-state index contributed by atoms with van der Waals surface area (Å²) in [7, 11) is 1.61. The van der Waals surface area contributed by atoms with Crippen LogP contribution in [-0.2, 0) is 24.4 Å². The minimum atomic E-state index is -0.196. The normalized spacial score (nSPS) is 10.8. The zero-order valence-corrected chi connectivity index (χ0v) is 24.0. The molecule has 0 heterocycles. The number of methoxy groups -OCH3 is 1. The van der Waals surface area contributed by atoms with Crippen molar-refractivity contribution >= 4 is 28.1 Å². The Balaban J connectivity index is 1.39. The molecule has 0 aliphatic heterocycles. The molecule has 0 aliphatic carbocycles. The smallest absolute Gasteiger partial charge is 0.244 e. The van der Waals surface area contributed by atoms with Gasteiger partial charge >= 0.3 is 0 Å². The van der Waals surface area contributed by atoms with E-state index in [2.05, 4.69) is 26.5 Å². The first-order valence-corrected chi connectivity index (χ1v) is 13.6. The molecule has 0 fully saturated rings. The van der Waals surface area contributed by atoms with Crippen LogP contribution in [0, 0.1) is 0 Å². The van der Waals surface area contributed by atoms with Gasteiger partial charge in [0.25, 0.3) is 0 Å². The van der Waals surface area contributed by atoms with E-state index in [1.807, 2.05) is 97.9 Å². The molecule has 0 unspecified atom stereocenters. The van der Waals surface area contributed by atoms with Crippen LogP contribution in [0.5, 0.6) is 23.0 Å². The van der Waals surface area contributed by atoms with E-state index in [4.69, 9.17) is 18.9 Å². The average molecular weight is 604 g/mol. The SMILES string of the molecule is CCOc1cc(/C=N/NC(=O)Cc2ccccc2)cc(Br)c1OCc1ccc(OCc2ccccc2)c(OC)c1. The highest BCUT2D eigenvalue weighted by Gasteiger charge is 2.14. The summed E-state index contributed by atoms with van der Waals surface area (Å²) in [6, 6.07) is 28.9. The number of nitrogens with one attached hydrogen (secondary N) is 1. The quantitative estimate of drug-likeness (QED) is 0.136. The summed E-state index contributed by atoms with van der Waals surface area (Å²) in [5.41, 5.74) is 6.21. The summed E-state index contributed by atoms with van der Waals surface area (Å²) in [5.74, 6) is 2.21. The molecule has 0 saturated heterocycles. The third-order valence-electron chi connectivity index (χ3n) is 5.79. The minimum absolute atomic E-state index is 0.196. The van der Waals surface area contributed by atoms with E-state index in [-0.39, 0.29) is 18.9 Å². The fourth-order valence-electron chi connectivity index (χ4n) is 3.88. The molecule has 4 aromatic rings. The number of carbonyl (C=O) groups excluding carboxylic acids is 1. The number of halogens is 1. The standard InChI is InChI=1S/C32H31BrN2O5/c1-3-38-30-18-26(20-34-35-31(36)19-23-10-6-4-7-11-23)16-27(33)32(30)40-22-25-14-15-28(29(17-25)37-2)39-21-24-12-8-5-9-13-24/h4-18,20H,3,19,21-22H2,1-2H3,(H,35,36)/b34-20+. The molecule has 8 heteroatoms. The van der Waals surface area contributed by atoms with Crippen molar-refractivity contribution in [3.63, 3.8) is 0 Å². The lowest BCUT2D eigenvalue weighted by Gasteiger charge is -2.16. The lowest BCUT2D eigenvalue weighted by molar-refractivity contribution is -0.120. The van der Waals surface area contributed by atoms with Crippen LogP contribution >= 0.6 is 15.9 Å². The van der Waals surface area contributed by atoms with Crippen molar-refractivity contribution in [1.82, 2.24) is 5.43 Å². The van der Waals surface area contributed by atoms with Crippen LogP contribution in [0.4, 0.5) is 0 Å². The van der Waals surface area contributed by atoms with Gasteiger partial charge in [0.1, 0.15) is 13.2 Å². The van der Waals surface area contributed by atoms with Gasteiger partial charge in [-0.3, -0.25) is 4.79 Å². The van der Waals surface area contributed by atoms with Gasteiger partial charge in [-0.1, -0.05) is 66.7 Å². The first-order valence-electron chi connectivity index (χ1n) is 12.8. The molecule has 0 bridgehead atoms. The summed E-state index contributed by atoms with van der Waals surface area (Å²) in [5, 5.41) is 4.10. The highest BCUT2D eigenvalue weighted by molar-refractivity contribution is 9.10. The van der Waals surface area contributed by atoms with Gasteiger partial charge in [-0.05, 0) is 69.4 Å². The second-order valence-corrected chi connectivity index (χ2v) is 9.62. The Morgan fingerprint density at radius 3 is 2.20 bits per heavy atom. The third kappa shape index (κ3) is 8.35. The van der Waals surface area contributed by atoms with Gasteiger partial charge in [-0.25, -0.2) is 5.43 Å². The van der Waals surface area contributed by atoms with Gasteiger partial charge in [-0.2, -0.15) is 5.10 Å². The molecular weight excluding hydrogens is 572 g/mol. The Hall–Kier alpha value is -4.30. The largest absolute Gasteiger partial charge is 0.493 e. The van der Waals surface area contributed by atoms with Crippen LogP contribution in [0.3, 0.4) is 0 Å². The van der Waals surface area contributed by atoms with Crippen LogP contribution in [0.1, 0.15) is 29.2 Å². The Labute approximate surface area is 242 Å². The van der Waals surface area contributed by atoms with Crippen molar-refractivity contribution in [2.75, 3.05) is 13.7 Å². The number of rotatable bonds is 13. The maximum Gasteiger partial charge on any atom is 0.244 e. The van der Waals surface area contributed by atoms with Gasteiger partial charge in [0, 0.05) is 0 Å². The van der Waals surface area contributed by atoms with Gasteiger partial charge in [0.05, 0.1) is 30.8 Å². The molecule has 0 aromatic heterocycles. The molecule has 0 atom stereocenters. The van der Waals surface area contributed by atoms with Crippen LogP contribution in [0.2, 0.25) is 0 Å². The summed E-state index contributed by atoms with van der Waals surface area (Å²) in [4.78, 5) is 12.2. The molecule has 0 aliphatic rings. The van der Waals surface area contributed by atoms with E-state index in [0.717, 1.165) is 22.3 Å². The van der Waals surface area contributed by atoms with Crippen LogP contribution in [-0.4, -0.2) is 25.8 Å². The molecule has 206 valence electrons. The van der Waals surface area contributed by atoms with Gasteiger partial charge in [0.2, 0.25) is 5.91 Å². The lowest BCUT2D eigenvalue weighted by atomic mass is 10.1. The van der Waals surface area contributed by atoms with E-state index in [0.29, 0.717) is 40.7 Å². The molecular formula is C32H31BrN2O5. The first-order chi connectivity index (χ1) is 19.6. The Kier molecular flexibility index (Phi) is 10.6. The van der Waals surface area contributed by atoms with Crippen molar-refractivity contribution in [1.29, 1.82) is 0 Å². The van der Waals surface area contributed by atoms with Crippen molar-refractivity contribution in [3.8, 4) is 23.0 Å². The fourth-order valence-corrected chi connectivity index (χ4v) is 4.45. The number of ether oxygens (including phenoxy) is 4. The Bertz CT molecular complexity index is 1430.